The fourth-order valence-electron chi connectivity index (χ4n) is 5.67. The molecule has 0 radical (unpaired) electrons. The van der Waals surface area contributed by atoms with Gasteiger partial charge >= 0.3 is 6.03 Å². The third-order valence-corrected chi connectivity index (χ3v) is 8.06. The number of aryl methyl sites for hydroxylation is 1. The van der Waals surface area contributed by atoms with Gasteiger partial charge in [-0.15, -0.1) is 10.2 Å². The van der Waals surface area contributed by atoms with E-state index in [0.717, 1.165) is 58.1 Å². The molecule has 44 heavy (non-hydrogen) atoms. The third-order valence-electron chi connectivity index (χ3n) is 8.06. The SMILES string of the molecule is Cc1ccc(-n2nc(C(C)(C)C)cc2NC(=O)N[C@H]2CC[C@H](Oc3ccc4nnc(C(C)(C)C)n4c3)c3ccccc32)cc1. The van der Waals surface area contributed by atoms with Gasteiger partial charge in [-0.25, -0.2) is 9.48 Å². The van der Waals surface area contributed by atoms with Crippen LogP contribution in [-0.2, 0) is 10.8 Å². The average Bonchev–Trinajstić information content (AvgIpc) is 3.59. The molecule has 3 aromatic heterocycles. The van der Waals surface area contributed by atoms with Crippen LogP contribution in [0.3, 0.4) is 0 Å². The highest BCUT2D eigenvalue weighted by molar-refractivity contribution is 5.89. The second-order valence-corrected chi connectivity index (χ2v) is 13.7. The number of fused-ring (bicyclic) bond motifs is 2. The lowest BCUT2D eigenvalue weighted by molar-refractivity contribution is 0.171. The molecule has 2 N–H and O–H groups in total. The Balaban J connectivity index is 1.21. The van der Waals surface area contributed by atoms with E-state index in [1.165, 1.54) is 0 Å². The minimum atomic E-state index is -0.273. The molecule has 2 amide bonds. The Morgan fingerprint density at radius 3 is 2.32 bits per heavy atom. The molecule has 2 atom stereocenters. The zero-order valence-electron chi connectivity index (χ0n) is 26.5. The molecular formula is C35H41N7O2. The molecule has 9 heteroatoms. The fourth-order valence-corrected chi connectivity index (χ4v) is 5.67. The first-order valence-corrected chi connectivity index (χ1v) is 15.2. The number of carbonyl (C=O) groups is 1. The molecule has 228 valence electrons. The van der Waals surface area contributed by atoms with Crippen molar-refractivity contribution in [2.75, 3.05) is 5.32 Å². The van der Waals surface area contributed by atoms with Crippen LogP contribution in [0.2, 0.25) is 0 Å². The highest BCUT2D eigenvalue weighted by Gasteiger charge is 2.30. The van der Waals surface area contributed by atoms with Gasteiger partial charge in [-0.05, 0) is 55.2 Å². The van der Waals surface area contributed by atoms with Gasteiger partial charge in [0.25, 0.3) is 0 Å². The quantitative estimate of drug-likeness (QED) is 0.219. The van der Waals surface area contributed by atoms with Crippen LogP contribution in [0.4, 0.5) is 10.6 Å². The maximum absolute atomic E-state index is 13.5. The molecule has 0 bridgehead atoms. The standard InChI is InChI=1S/C35H41N7O2/c1-22-12-14-23(15-13-22)42-31(20-29(40-42)34(2,3)4)37-33(43)36-27-17-18-28(26-11-9-8-10-25(26)27)44-24-16-19-30-38-39-32(35(5,6)7)41(30)21-24/h8-16,19-21,27-28H,17-18H2,1-7H3,(H2,36,37,43)/t27-,28-/m0/s1. The van der Waals surface area contributed by atoms with Crippen molar-refractivity contribution < 1.29 is 9.53 Å². The van der Waals surface area contributed by atoms with Crippen LogP contribution < -0.4 is 15.4 Å². The number of nitrogens with one attached hydrogen (secondary N) is 2. The summed E-state index contributed by atoms with van der Waals surface area (Å²) >= 11 is 0. The van der Waals surface area contributed by atoms with Crippen LogP contribution in [0, 0.1) is 6.92 Å². The van der Waals surface area contributed by atoms with Crippen molar-refractivity contribution in [3.8, 4) is 11.4 Å². The second-order valence-electron chi connectivity index (χ2n) is 13.7. The molecule has 6 rings (SSSR count). The summed E-state index contributed by atoms with van der Waals surface area (Å²) in [5.74, 6) is 2.27. The van der Waals surface area contributed by atoms with Crippen LogP contribution in [0.1, 0.15) is 94.7 Å². The average molecular weight is 592 g/mol. The number of hydrogen-bond donors (Lipinski definition) is 2. The lowest BCUT2D eigenvalue weighted by Gasteiger charge is -2.32. The lowest BCUT2D eigenvalue weighted by Crippen LogP contribution is -2.36. The first-order chi connectivity index (χ1) is 20.9. The minimum Gasteiger partial charge on any atom is -0.484 e. The smallest absolute Gasteiger partial charge is 0.320 e. The number of urea groups is 1. The lowest BCUT2D eigenvalue weighted by atomic mass is 9.85. The normalized spacial score (nSPS) is 16.9. The molecule has 5 aromatic rings. The van der Waals surface area contributed by atoms with Gasteiger partial charge in [0.15, 0.2) is 5.65 Å². The zero-order chi connectivity index (χ0) is 31.2. The number of anilines is 1. The van der Waals surface area contributed by atoms with Gasteiger partial charge in [0.1, 0.15) is 23.5 Å². The van der Waals surface area contributed by atoms with Crippen LogP contribution in [0.5, 0.6) is 5.75 Å². The maximum atomic E-state index is 13.5. The number of amides is 2. The van der Waals surface area contributed by atoms with Gasteiger partial charge in [0.2, 0.25) is 0 Å². The first-order valence-electron chi connectivity index (χ1n) is 15.2. The summed E-state index contributed by atoms with van der Waals surface area (Å²) in [4.78, 5) is 13.5. The van der Waals surface area contributed by atoms with Crippen molar-refractivity contribution in [2.45, 2.75) is 84.3 Å². The third kappa shape index (κ3) is 5.91. The molecule has 0 saturated carbocycles. The topological polar surface area (TPSA) is 98.4 Å². The van der Waals surface area contributed by atoms with Gasteiger partial charge in [0, 0.05) is 16.9 Å². The summed E-state index contributed by atoms with van der Waals surface area (Å²) in [7, 11) is 0. The Kier molecular flexibility index (Phi) is 7.43. The number of benzene rings is 2. The Morgan fingerprint density at radius 1 is 0.886 bits per heavy atom. The van der Waals surface area contributed by atoms with Gasteiger partial charge in [-0.3, -0.25) is 9.72 Å². The molecule has 0 spiro atoms. The number of ether oxygens (including phenoxy) is 1. The van der Waals surface area contributed by atoms with E-state index in [1.54, 1.807) is 4.68 Å². The minimum absolute atomic E-state index is 0.142. The number of pyridine rings is 1. The monoisotopic (exact) mass is 591 g/mol. The number of aromatic nitrogens is 5. The molecule has 2 aromatic carbocycles. The highest BCUT2D eigenvalue weighted by Crippen LogP contribution is 2.39. The van der Waals surface area contributed by atoms with Gasteiger partial charge in [-0.2, -0.15) is 5.10 Å². The molecular weight excluding hydrogens is 550 g/mol. The predicted octanol–water partition coefficient (Wildman–Crippen LogP) is 7.60. The van der Waals surface area contributed by atoms with E-state index in [4.69, 9.17) is 9.84 Å². The Hall–Kier alpha value is -4.66. The van der Waals surface area contributed by atoms with E-state index in [9.17, 15) is 4.79 Å². The van der Waals surface area contributed by atoms with Crippen LogP contribution >= 0.6 is 0 Å². The molecule has 1 aliphatic carbocycles. The predicted molar refractivity (Wildman–Crippen MR) is 173 cm³/mol. The van der Waals surface area contributed by atoms with E-state index in [1.807, 2.05) is 65.2 Å². The summed E-state index contributed by atoms with van der Waals surface area (Å²) in [5.41, 5.74) is 5.55. The fraction of sp³-hybridized carbons (Fsp3) is 0.371. The van der Waals surface area contributed by atoms with Crippen LogP contribution in [0.15, 0.2) is 72.9 Å². The van der Waals surface area contributed by atoms with E-state index < -0.39 is 0 Å². The number of hydrogen-bond acceptors (Lipinski definition) is 5. The van der Waals surface area contributed by atoms with E-state index in [0.29, 0.717) is 5.82 Å². The Morgan fingerprint density at radius 2 is 1.61 bits per heavy atom. The molecule has 3 heterocycles. The van der Waals surface area contributed by atoms with Crippen molar-refractivity contribution >= 4 is 17.5 Å². The van der Waals surface area contributed by atoms with E-state index in [2.05, 4.69) is 81.4 Å². The van der Waals surface area contributed by atoms with Crippen molar-refractivity contribution in [3.63, 3.8) is 0 Å². The number of rotatable bonds is 5. The van der Waals surface area contributed by atoms with Crippen molar-refractivity contribution in [1.29, 1.82) is 0 Å². The molecule has 0 fully saturated rings. The summed E-state index contributed by atoms with van der Waals surface area (Å²) < 4.78 is 10.4. The first kappa shape index (κ1) is 29.4. The van der Waals surface area contributed by atoms with Crippen molar-refractivity contribution in [1.82, 2.24) is 29.7 Å². The summed E-state index contributed by atoms with van der Waals surface area (Å²) in [5, 5.41) is 19.9. The van der Waals surface area contributed by atoms with Gasteiger partial charge < -0.3 is 10.1 Å². The van der Waals surface area contributed by atoms with Crippen molar-refractivity contribution in [3.05, 3.63) is 101 Å². The van der Waals surface area contributed by atoms with Crippen molar-refractivity contribution in [2.24, 2.45) is 0 Å². The second kappa shape index (κ2) is 11.1. The molecule has 0 aliphatic heterocycles. The molecule has 0 saturated heterocycles. The van der Waals surface area contributed by atoms with Gasteiger partial charge in [0.05, 0.1) is 23.6 Å². The largest absolute Gasteiger partial charge is 0.484 e. The Bertz CT molecular complexity index is 1810. The summed E-state index contributed by atoms with van der Waals surface area (Å²) in [6, 6.07) is 21.7. The molecule has 0 unspecified atom stereocenters. The number of nitrogens with zero attached hydrogens (tertiary/aromatic N) is 5. The zero-order valence-corrected chi connectivity index (χ0v) is 26.5. The van der Waals surface area contributed by atoms with E-state index >= 15 is 0 Å². The number of carbonyl (C=O) groups excluding carboxylic acids is 1. The Labute approximate surface area is 258 Å². The van der Waals surface area contributed by atoms with Crippen LogP contribution in [0.25, 0.3) is 11.3 Å². The van der Waals surface area contributed by atoms with Gasteiger partial charge in [-0.1, -0.05) is 83.5 Å². The summed E-state index contributed by atoms with van der Waals surface area (Å²) in [6.45, 7) is 14.8. The maximum Gasteiger partial charge on any atom is 0.320 e. The molecule has 1 aliphatic rings. The molecule has 9 nitrogen and oxygen atoms in total. The summed E-state index contributed by atoms with van der Waals surface area (Å²) in [6.07, 6.45) is 3.32. The van der Waals surface area contributed by atoms with E-state index in [-0.39, 0.29) is 29.0 Å². The van der Waals surface area contributed by atoms with Crippen LogP contribution in [-0.4, -0.2) is 30.4 Å². The highest BCUT2D eigenvalue weighted by atomic mass is 16.5.